The lowest BCUT2D eigenvalue weighted by Crippen LogP contribution is -2.32. The molecule has 18 heavy (non-hydrogen) atoms. The van der Waals surface area contributed by atoms with Crippen molar-refractivity contribution in [2.45, 2.75) is 6.92 Å². The Balaban J connectivity index is 2.77. The molecule has 2 amide bonds. The summed E-state index contributed by atoms with van der Waals surface area (Å²) in [6.07, 6.45) is 0. The third-order valence-electron chi connectivity index (χ3n) is 2.70. The van der Waals surface area contributed by atoms with E-state index in [-0.39, 0.29) is 23.7 Å². The lowest BCUT2D eigenvalue weighted by molar-refractivity contribution is -0.127. The van der Waals surface area contributed by atoms with Gasteiger partial charge in [-0.05, 0) is 19.1 Å². The number of amides is 2. The number of nitrogens with two attached hydrogens (primary N) is 2. The van der Waals surface area contributed by atoms with E-state index in [4.69, 9.17) is 11.5 Å². The summed E-state index contributed by atoms with van der Waals surface area (Å²) in [6.45, 7) is 2.65. The number of para-hydroxylation sites is 1. The monoisotopic (exact) mass is 250 g/mol. The molecule has 0 aromatic heterocycles. The van der Waals surface area contributed by atoms with E-state index < -0.39 is 5.91 Å². The van der Waals surface area contributed by atoms with Crippen molar-refractivity contribution in [3.63, 3.8) is 0 Å². The van der Waals surface area contributed by atoms with Crippen LogP contribution in [0.25, 0.3) is 0 Å². The van der Waals surface area contributed by atoms with Gasteiger partial charge in [0.1, 0.15) is 0 Å². The predicted molar refractivity (Wildman–Crippen MR) is 71.2 cm³/mol. The van der Waals surface area contributed by atoms with Gasteiger partial charge >= 0.3 is 0 Å². The first-order chi connectivity index (χ1) is 8.47. The lowest BCUT2D eigenvalue weighted by Gasteiger charge is -2.16. The maximum atomic E-state index is 11.6. The van der Waals surface area contributed by atoms with Crippen LogP contribution in [0, 0.1) is 0 Å². The second-order valence-corrected chi connectivity index (χ2v) is 3.89. The molecule has 0 bridgehead atoms. The molecular formula is C12H18N4O2. The van der Waals surface area contributed by atoms with Crippen LogP contribution in [-0.4, -0.2) is 36.9 Å². The summed E-state index contributed by atoms with van der Waals surface area (Å²) < 4.78 is 0. The van der Waals surface area contributed by atoms with Gasteiger partial charge in [0, 0.05) is 13.6 Å². The van der Waals surface area contributed by atoms with E-state index in [1.54, 1.807) is 30.1 Å². The van der Waals surface area contributed by atoms with Crippen molar-refractivity contribution in [3.8, 4) is 0 Å². The van der Waals surface area contributed by atoms with Crippen molar-refractivity contribution >= 4 is 23.2 Å². The van der Waals surface area contributed by atoms with Crippen molar-refractivity contribution in [1.29, 1.82) is 0 Å². The van der Waals surface area contributed by atoms with E-state index >= 15 is 0 Å². The molecule has 0 aliphatic carbocycles. The fraction of sp³-hybridized carbons (Fsp3) is 0.333. The summed E-state index contributed by atoms with van der Waals surface area (Å²) in [6, 6.07) is 4.90. The molecule has 1 aromatic rings. The summed E-state index contributed by atoms with van der Waals surface area (Å²) in [4.78, 5) is 24.3. The van der Waals surface area contributed by atoms with Gasteiger partial charge in [0.2, 0.25) is 5.91 Å². The Hall–Kier alpha value is -2.24. The summed E-state index contributed by atoms with van der Waals surface area (Å²) >= 11 is 0. The summed E-state index contributed by atoms with van der Waals surface area (Å²) in [5.74, 6) is -0.644. The molecule has 0 aliphatic heterocycles. The topological polar surface area (TPSA) is 101 Å². The van der Waals surface area contributed by atoms with Crippen LogP contribution in [0.15, 0.2) is 18.2 Å². The molecule has 0 aliphatic rings. The zero-order chi connectivity index (χ0) is 13.7. The maximum Gasteiger partial charge on any atom is 0.250 e. The highest BCUT2D eigenvalue weighted by Gasteiger charge is 2.11. The van der Waals surface area contributed by atoms with Crippen LogP contribution in [0.1, 0.15) is 17.3 Å². The average Bonchev–Trinajstić information content (AvgIpc) is 2.35. The summed E-state index contributed by atoms with van der Waals surface area (Å²) in [5.41, 5.74) is 12.0. The van der Waals surface area contributed by atoms with E-state index in [1.165, 1.54) is 0 Å². The number of hydrogen-bond donors (Lipinski definition) is 3. The van der Waals surface area contributed by atoms with Crippen LogP contribution in [0.3, 0.4) is 0 Å². The highest BCUT2D eigenvalue weighted by Crippen LogP contribution is 2.22. The molecule has 0 saturated heterocycles. The highest BCUT2D eigenvalue weighted by molar-refractivity contribution is 6.01. The van der Waals surface area contributed by atoms with Crippen molar-refractivity contribution in [3.05, 3.63) is 23.8 Å². The third kappa shape index (κ3) is 3.13. The molecule has 0 atom stereocenters. The van der Waals surface area contributed by atoms with Crippen LogP contribution in [0.4, 0.5) is 11.4 Å². The smallest absolute Gasteiger partial charge is 0.250 e. The minimum absolute atomic E-state index is 0.0543. The van der Waals surface area contributed by atoms with E-state index in [9.17, 15) is 9.59 Å². The Kier molecular flexibility index (Phi) is 4.53. The van der Waals surface area contributed by atoms with Crippen molar-refractivity contribution in [2.75, 3.05) is 31.2 Å². The zero-order valence-electron chi connectivity index (χ0n) is 10.6. The molecule has 0 spiro atoms. The number of likely N-dealkylation sites (N-methyl/N-ethyl adjacent to an activating group) is 1. The third-order valence-corrected chi connectivity index (χ3v) is 2.70. The van der Waals surface area contributed by atoms with Gasteiger partial charge in [-0.3, -0.25) is 9.59 Å². The summed E-state index contributed by atoms with van der Waals surface area (Å²) in [7, 11) is 1.72. The van der Waals surface area contributed by atoms with Gasteiger partial charge in [-0.25, -0.2) is 0 Å². The van der Waals surface area contributed by atoms with Crippen LogP contribution >= 0.6 is 0 Å². The number of hydrogen-bond acceptors (Lipinski definition) is 4. The van der Waals surface area contributed by atoms with Gasteiger partial charge in [0.05, 0.1) is 23.5 Å². The van der Waals surface area contributed by atoms with E-state index in [0.29, 0.717) is 12.2 Å². The molecule has 6 nitrogen and oxygen atoms in total. The van der Waals surface area contributed by atoms with Crippen LogP contribution in [0.2, 0.25) is 0 Å². The molecule has 0 saturated carbocycles. The molecule has 0 fully saturated rings. The first kappa shape index (κ1) is 13.8. The number of benzene rings is 1. The van der Waals surface area contributed by atoms with Crippen molar-refractivity contribution in [2.24, 2.45) is 5.73 Å². The van der Waals surface area contributed by atoms with Crippen LogP contribution in [-0.2, 0) is 4.79 Å². The number of rotatable bonds is 5. The summed E-state index contributed by atoms with van der Waals surface area (Å²) in [5, 5.41) is 2.90. The SMILES string of the molecule is CCN(C)C(=O)CNc1cccc(C(N)=O)c1N. The van der Waals surface area contributed by atoms with Gasteiger partial charge in [0.15, 0.2) is 0 Å². The molecule has 0 heterocycles. The van der Waals surface area contributed by atoms with Crippen molar-refractivity contribution < 1.29 is 9.59 Å². The second kappa shape index (κ2) is 5.90. The van der Waals surface area contributed by atoms with Gasteiger partial charge in [-0.1, -0.05) is 6.07 Å². The Morgan fingerprint density at radius 3 is 2.61 bits per heavy atom. The molecule has 98 valence electrons. The maximum absolute atomic E-state index is 11.6. The largest absolute Gasteiger partial charge is 0.396 e. The highest BCUT2D eigenvalue weighted by atomic mass is 16.2. The quantitative estimate of drug-likeness (QED) is 0.652. The van der Waals surface area contributed by atoms with Gasteiger partial charge in [-0.15, -0.1) is 0 Å². The number of nitrogen functional groups attached to an aromatic ring is 1. The van der Waals surface area contributed by atoms with E-state index in [2.05, 4.69) is 5.32 Å². The van der Waals surface area contributed by atoms with Gasteiger partial charge < -0.3 is 21.7 Å². The number of anilines is 2. The minimum atomic E-state index is -0.590. The fourth-order valence-electron chi connectivity index (χ4n) is 1.42. The second-order valence-electron chi connectivity index (χ2n) is 3.89. The number of primary amides is 1. The molecule has 5 N–H and O–H groups in total. The Morgan fingerprint density at radius 2 is 2.06 bits per heavy atom. The lowest BCUT2D eigenvalue weighted by atomic mass is 10.1. The first-order valence-corrected chi connectivity index (χ1v) is 5.63. The van der Waals surface area contributed by atoms with E-state index in [1.807, 2.05) is 6.92 Å². The van der Waals surface area contributed by atoms with Gasteiger partial charge in [-0.2, -0.15) is 0 Å². The molecular weight excluding hydrogens is 232 g/mol. The number of carbonyl (C=O) groups is 2. The molecule has 0 radical (unpaired) electrons. The average molecular weight is 250 g/mol. The molecule has 6 heteroatoms. The van der Waals surface area contributed by atoms with Crippen LogP contribution < -0.4 is 16.8 Å². The Bertz CT molecular complexity index is 459. The van der Waals surface area contributed by atoms with Gasteiger partial charge in [0.25, 0.3) is 5.91 Å². The number of nitrogens with one attached hydrogen (secondary N) is 1. The predicted octanol–water partition coefficient (Wildman–Crippen LogP) is 0.258. The Labute approximate surface area is 106 Å². The zero-order valence-corrected chi connectivity index (χ0v) is 10.6. The number of carbonyl (C=O) groups excluding carboxylic acids is 2. The Morgan fingerprint density at radius 1 is 1.39 bits per heavy atom. The first-order valence-electron chi connectivity index (χ1n) is 5.63. The fourth-order valence-corrected chi connectivity index (χ4v) is 1.42. The van der Waals surface area contributed by atoms with Crippen LogP contribution in [0.5, 0.6) is 0 Å². The van der Waals surface area contributed by atoms with Crippen molar-refractivity contribution in [1.82, 2.24) is 4.90 Å². The number of nitrogens with zero attached hydrogens (tertiary/aromatic N) is 1. The molecule has 0 unspecified atom stereocenters. The molecule has 1 aromatic carbocycles. The molecule has 1 rings (SSSR count). The normalized spacial score (nSPS) is 9.89. The standard InChI is InChI=1S/C12H18N4O2/c1-3-16(2)10(17)7-15-9-6-4-5-8(11(9)13)12(14)18/h4-6,15H,3,7,13H2,1-2H3,(H2,14,18). The minimum Gasteiger partial charge on any atom is -0.396 e. The van der Waals surface area contributed by atoms with E-state index in [0.717, 1.165) is 0 Å².